The van der Waals surface area contributed by atoms with Gasteiger partial charge in [0.25, 0.3) is 0 Å². The lowest BCUT2D eigenvalue weighted by Gasteiger charge is -2.15. The van der Waals surface area contributed by atoms with Gasteiger partial charge in [0.2, 0.25) is 5.91 Å². The fraction of sp³-hybridized carbons (Fsp3) is 0.600. The molecule has 0 fully saturated rings. The van der Waals surface area contributed by atoms with Crippen molar-refractivity contribution < 1.29 is 4.79 Å². The maximum absolute atomic E-state index is 11.6. The molecule has 0 bridgehead atoms. The topological polar surface area (TPSA) is 72.9 Å². The lowest BCUT2D eigenvalue weighted by Crippen LogP contribution is -2.38. The van der Waals surface area contributed by atoms with E-state index in [1.807, 2.05) is 31.7 Å². The third kappa shape index (κ3) is 5.39. The van der Waals surface area contributed by atoms with Gasteiger partial charge in [0.1, 0.15) is 5.82 Å². The summed E-state index contributed by atoms with van der Waals surface area (Å²) in [5.74, 6) is 0.624. The van der Waals surface area contributed by atoms with Crippen LogP contribution in [0.25, 0.3) is 0 Å². The first-order valence-corrected chi connectivity index (χ1v) is 5.02. The monoisotopic (exact) mass is 282 g/mol. The number of rotatable bonds is 4. The van der Waals surface area contributed by atoms with E-state index in [1.165, 1.54) is 0 Å². The minimum absolute atomic E-state index is 0. The van der Waals surface area contributed by atoms with Crippen LogP contribution < -0.4 is 11.1 Å². The lowest BCUT2D eigenvalue weighted by atomic mass is 10.0. The molecule has 1 aromatic rings. The highest BCUT2D eigenvalue weighted by atomic mass is 35.5. The van der Waals surface area contributed by atoms with E-state index in [4.69, 9.17) is 5.73 Å². The van der Waals surface area contributed by atoms with Gasteiger partial charge in [-0.3, -0.25) is 4.79 Å². The minimum atomic E-state index is -0.176. The summed E-state index contributed by atoms with van der Waals surface area (Å²) < 4.78 is 1.87. The standard InChI is InChI=1S/C10H18N4O.2ClH/c1-7(8(2)11)10(15)13-6-9-12-4-5-14(9)3;;/h4-5,7-8H,6,11H2,1-3H3,(H,13,15);2*1H. The largest absolute Gasteiger partial charge is 0.349 e. The number of halogens is 2. The van der Waals surface area contributed by atoms with Crippen molar-refractivity contribution in [1.82, 2.24) is 14.9 Å². The molecule has 0 spiro atoms. The molecule has 0 saturated heterocycles. The third-order valence-electron chi connectivity index (χ3n) is 2.54. The fourth-order valence-electron chi connectivity index (χ4n) is 1.13. The van der Waals surface area contributed by atoms with Crippen LogP contribution in [0.4, 0.5) is 0 Å². The van der Waals surface area contributed by atoms with Crippen LogP contribution in [0.5, 0.6) is 0 Å². The number of carbonyl (C=O) groups is 1. The summed E-state index contributed by atoms with van der Waals surface area (Å²) in [5.41, 5.74) is 5.63. The molecule has 0 aliphatic rings. The molecule has 1 aromatic heterocycles. The summed E-state index contributed by atoms with van der Waals surface area (Å²) in [6.45, 7) is 4.09. The zero-order chi connectivity index (χ0) is 11.4. The van der Waals surface area contributed by atoms with E-state index in [-0.39, 0.29) is 42.7 Å². The quantitative estimate of drug-likeness (QED) is 0.861. The van der Waals surface area contributed by atoms with Gasteiger partial charge in [0.05, 0.1) is 6.54 Å². The first-order chi connectivity index (χ1) is 7.02. The number of aryl methyl sites for hydroxylation is 1. The Kier molecular flexibility index (Phi) is 9.11. The number of carbonyl (C=O) groups excluding carboxylic acids is 1. The molecule has 100 valence electrons. The average molecular weight is 283 g/mol. The summed E-state index contributed by atoms with van der Waals surface area (Å²) in [5, 5.41) is 2.80. The first kappa shape index (κ1) is 18.6. The Morgan fingerprint density at radius 1 is 1.53 bits per heavy atom. The van der Waals surface area contributed by atoms with Crippen LogP contribution in [0.15, 0.2) is 12.4 Å². The first-order valence-electron chi connectivity index (χ1n) is 5.02. The fourth-order valence-corrected chi connectivity index (χ4v) is 1.13. The van der Waals surface area contributed by atoms with Crippen LogP contribution in [0.2, 0.25) is 0 Å². The Hall–Kier alpha value is -0.780. The predicted octanol–water partition coefficient (Wildman–Crippen LogP) is 0.863. The molecule has 1 rings (SSSR count). The SMILES string of the molecule is CC(N)C(C)C(=O)NCc1nccn1C.Cl.Cl. The number of hydrogen-bond donors (Lipinski definition) is 2. The summed E-state index contributed by atoms with van der Waals surface area (Å²) in [6, 6.07) is -0.133. The summed E-state index contributed by atoms with van der Waals surface area (Å²) in [7, 11) is 1.89. The summed E-state index contributed by atoms with van der Waals surface area (Å²) in [4.78, 5) is 15.7. The van der Waals surface area contributed by atoms with Crippen LogP contribution >= 0.6 is 24.8 Å². The molecule has 1 heterocycles. The predicted molar refractivity (Wildman–Crippen MR) is 72.4 cm³/mol. The van der Waals surface area contributed by atoms with Crippen LogP contribution in [-0.2, 0) is 18.4 Å². The highest BCUT2D eigenvalue weighted by Crippen LogP contribution is 2.00. The zero-order valence-corrected chi connectivity index (χ0v) is 11.8. The van der Waals surface area contributed by atoms with Gasteiger partial charge in [-0.15, -0.1) is 24.8 Å². The van der Waals surface area contributed by atoms with Crippen molar-refractivity contribution in [2.45, 2.75) is 26.4 Å². The molecular weight excluding hydrogens is 263 g/mol. The van der Waals surface area contributed by atoms with Crippen LogP contribution in [-0.4, -0.2) is 21.5 Å². The van der Waals surface area contributed by atoms with Gasteiger partial charge in [-0.05, 0) is 6.92 Å². The molecule has 0 saturated carbocycles. The van der Waals surface area contributed by atoms with E-state index in [0.29, 0.717) is 6.54 Å². The number of hydrogen-bond acceptors (Lipinski definition) is 3. The molecule has 0 radical (unpaired) electrons. The molecule has 2 atom stereocenters. The zero-order valence-electron chi connectivity index (χ0n) is 10.2. The van der Waals surface area contributed by atoms with Crippen molar-refractivity contribution in [3.05, 3.63) is 18.2 Å². The van der Waals surface area contributed by atoms with Gasteiger partial charge < -0.3 is 15.6 Å². The molecule has 0 aromatic carbocycles. The van der Waals surface area contributed by atoms with Gasteiger partial charge in [0, 0.05) is 31.4 Å². The van der Waals surface area contributed by atoms with Gasteiger partial charge >= 0.3 is 0 Å². The normalized spacial score (nSPS) is 12.9. The van der Waals surface area contributed by atoms with Crippen molar-refractivity contribution in [3.8, 4) is 0 Å². The Morgan fingerprint density at radius 3 is 2.53 bits per heavy atom. The maximum Gasteiger partial charge on any atom is 0.224 e. The third-order valence-corrected chi connectivity index (χ3v) is 2.54. The van der Waals surface area contributed by atoms with E-state index in [2.05, 4.69) is 10.3 Å². The van der Waals surface area contributed by atoms with Crippen LogP contribution in [0.3, 0.4) is 0 Å². The van der Waals surface area contributed by atoms with Crippen molar-refractivity contribution >= 4 is 30.7 Å². The van der Waals surface area contributed by atoms with E-state index >= 15 is 0 Å². The second-order valence-electron chi connectivity index (χ2n) is 3.82. The maximum atomic E-state index is 11.6. The molecule has 0 aliphatic heterocycles. The van der Waals surface area contributed by atoms with E-state index in [1.54, 1.807) is 6.20 Å². The Bertz CT molecular complexity index is 341. The number of amides is 1. The number of aromatic nitrogens is 2. The van der Waals surface area contributed by atoms with E-state index in [9.17, 15) is 4.79 Å². The minimum Gasteiger partial charge on any atom is -0.349 e. The second kappa shape index (κ2) is 8.33. The molecule has 5 nitrogen and oxygen atoms in total. The van der Waals surface area contributed by atoms with Crippen LogP contribution in [0, 0.1) is 5.92 Å². The van der Waals surface area contributed by atoms with Crippen LogP contribution in [0.1, 0.15) is 19.7 Å². The second-order valence-corrected chi connectivity index (χ2v) is 3.82. The van der Waals surface area contributed by atoms with Crippen molar-refractivity contribution in [2.24, 2.45) is 18.7 Å². The van der Waals surface area contributed by atoms with E-state index < -0.39 is 0 Å². The van der Waals surface area contributed by atoms with Gasteiger partial charge in [-0.25, -0.2) is 4.98 Å². The number of nitrogens with zero attached hydrogens (tertiary/aromatic N) is 2. The number of imidazole rings is 1. The highest BCUT2D eigenvalue weighted by Gasteiger charge is 2.16. The summed E-state index contributed by atoms with van der Waals surface area (Å²) in [6.07, 6.45) is 3.55. The Balaban J connectivity index is 0. The number of nitrogens with two attached hydrogens (primary N) is 1. The Morgan fingerprint density at radius 2 is 2.12 bits per heavy atom. The van der Waals surface area contributed by atoms with Crippen molar-refractivity contribution in [1.29, 1.82) is 0 Å². The molecule has 17 heavy (non-hydrogen) atoms. The van der Waals surface area contributed by atoms with Gasteiger partial charge in [0.15, 0.2) is 0 Å². The number of nitrogens with one attached hydrogen (secondary N) is 1. The lowest BCUT2D eigenvalue weighted by molar-refractivity contribution is -0.125. The van der Waals surface area contributed by atoms with Gasteiger partial charge in [-0.1, -0.05) is 6.92 Å². The van der Waals surface area contributed by atoms with Crippen molar-refractivity contribution in [3.63, 3.8) is 0 Å². The summed E-state index contributed by atoms with van der Waals surface area (Å²) >= 11 is 0. The van der Waals surface area contributed by atoms with Crippen molar-refractivity contribution in [2.75, 3.05) is 0 Å². The molecule has 1 amide bonds. The smallest absolute Gasteiger partial charge is 0.224 e. The molecular formula is C10H20Cl2N4O. The van der Waals surface area contributed by atoms with E-state index in [0.717, 1.165) is 5.82 Å². The molecule has 7 heteroatoms. The molecule has 0 aliphatic carbocycles. The average Bonchev–Trinajstić information content (AvgIpc) is 2.59. The molecule has 3 N–H and O–H groups in total. The Labute approximate surface area is 114 Å². The van der Waals surface area contributed by atoms with Gasteiger partial charge in [-0.2, -0.15) is 0 Å². The molecule has 2 unspecified atom stereocenters. The highest BCUT2D eigenvalue weighted by molar-refractivity contribution is 5.85.